The average Bonchev–Trinajstić information content (AvgIpc) is 2.79. The Balaban J connectivity index is 1.70. The van der Waals surface area contributed by atoms with E-state index in [1.54, 1.807) is 0 Å². The monoisotopic (exact) mass is 267 g/mol. The molecule has 0 saturated heterocycles. The summed E-state index contributed by atoms with van der Waals surface area (Å²) in [6, 6.07) is 13.0. The Labute approximate surface area is 120 Å². The standard InChI is InChI=1S/C18H21NO/c1-12-4-6-17(8-13(12)2)19-11-15-5-7-18-16(10-15)9-14(3)20-18/h4-8,10,14,19H,9,11H2,1-3H3/t14-/m1/s1. The molecule has 0 bridgehead atoms. The van der Waals surface area contributed by atoms with Crippen molar-refractivity contribution in [3.8, 4) is 5.75 Å². The van der Waals surface area contributed by atoms with E-state index >= 15 is 0 Å². The van der Waals surface area contributed by atoms with Crippen LogP contribution in [0.1, 0.15) is 29.2 Å². The summed E-state index contributed by atoms with van der Waals surface area (Å²) >= 11 is 0. The lowest BCUT2D eigenvalue weighted by Gasteiger charge is -2.09. The van der Waals surface area contributed by atoms with E-state index in [-0.39, 0.29) is 0 Å². The van der Waals surface area contributed by atoms with E-state index in [9.17, 15) is 0 Å². The van der Waals surface area contributed by atoms with Crippen LogP contribution >= 0.6 is 0 Å². The average molecular weight is 267 g/mol. The fraction of sp³-hybridized carbons (Fsp3) is 0.333. The number of aryl methyl sites for hydroxylation is 2. The highest BCUT2D eigenvalue weighted by Crippen LogP contribution is 2.29. The predicted octanol–water partition coefficient (Wildman–Crippen LogP) is 4.24. The molecule has 1 heterocycles. The number of ether oxygens (including phenoxy) is 1. The van der Waals surface area contributed by atoms with Crippen LogP contribution in [0.15, 0.2) is 36.4 Å². The first-order chi connectivity index (χ1) is 9.61. The van der Waals surface area contributed by atoms with E-state index in [0.717, 1.165) is 18.7 Å². The molecule has 0 fully saturated rings. The molecule has 0 spiro atoms. The molecule has 0 aromatic heterocycles. The van der Waals surface area contributed by atoms with E-state index in [2.05, 4.69) is 62.5 Å². The van der Waals surface area contributed by atoms with E-state index in [4.69, 9.17) is 4.74 Å². The van der Waals surface area contributed by atoms with Crippen molar-refractivity contribution < 1.29 is 4.74 Å². The minimum Gasteiger partial charge on any atom is -0.490 e. The highest BCUT2D eigenvalue weighted by atomic mass is 16.5. The molecule has 2 heteroatoms. The first-order valence-corrected chi connectivity index (χ1v) is 7.21. The van der Waals surface area contributed by atoms with Gasteiger partial charge >= 0.3 is 0 Å². The molecule has 2 aromatic rings. The van der Waals surface area contributed by atoms with E-state index in [1.165, 1.54) is 27.9 Å². The summed E-state index contributed by atoms with van der Waals surface area (Å²) < 4.78 is 5.73. The summed E-state index contributed by atoms with van der Waals surface area (Å²) in [6.45, 7) is 7.26. The lowest BCUT2D eigenvalue weighted by Crippen LogP contribution is -2.05. The number of hydrogen-bond donors (Lipinski definition) is 1. The van der Waals surface area contributed by atoms with Crippen molar-refractivity contribution in [2.45, 2.75) is 39.8 Å². The second-order valence-corrected chi connectivity index (χ2v) is 5.73. The minimum atomic E-state index is 0.313. The van der Waals surface area contributed by atoms with Crippen molar-refractivity contribution >= 4 is 5.69 Å². The zero-order valence-electron chi connectivity index (χ0n) is 12.4. The normalized spacial score (nSPS) is 16.6. The molecular weight excluding hydrogens is 246 g/mol. The Morgan fingerprint density at radius 2 is 1.95 bits per heavy atom. The summed E-state index contributed by atoms with van der Waals surface area (Å²) in [4.78, 5) is 0. The van der Waals surface area contributed by atoms with Gasteiger partial charge in [0.2, 0.25) is 0 Å². The second kappa shape index (κ2) is 5.20. The maximum atomic E-state index is 5.73. The smallest absolute Gasteiger partial charge is 0.123 e. The molecule has 1 aliphatic rings. The first-order valence-electron chi connectivity index (χ1n) is 7.21. The van der Waals surface area contributed by atoms with Gasteiger partial charge in [0.15, 0.2) is 0 Å². The number of anilines is 1. The summed E-state index contributed by atoms with van der Waals surface area (Å²) in [6.07, 6.45) is 1.33. The fourth-order valence-electron chi connectivity index (χ4n) is 2.64. The third kappa shape index (κ3) is 2.64. The maximum Gasteiger partial charge on any atom is 0.123 e. The number of hydrogen-bond acceptors (Lipinski definition) is 2. The minimum absolute atomic E-state index is 0.313. The van der Waals surface area contributed by atoms with Crippen molar-refractivity contribution in [2.75, 3.05) is 5.32 Å². The lowest BCUT2D eigenvalue weighted by atomic mass is 10.1. The summed E-state index contributed by atoms with van der Waals surface area (Å²) in [5.74, 6) is 1.05. The molecule has 0 unspecified atom stereocenters. The Kier molecular flexibility index (Phi) is 3.39. The number of fused-ring (bicyclic) bond motifs is 1. The van der Waals surface area contributed by atoms with Gasteiger partial charge < -0.3 is 10.1 Å². The van der Waals surface area contributed by atoms with E-state index in [0.29, 0.717) is 6.10 Å². The van der Waals surface area contributed by atoms with Crippen LogP contribution in [0.3, 0.4) is 0 Å². The highest BCUT2D eigenvalue weighted by Gasteiger charge is 2.18. The molecule has 20 heavy (non-hydrogen) atoms. The first kappa shape index (κ1) is 13.0. The second-order valence-electron chi connectivity index (χ2n) is 5.73. The van der Waals surface area contributed by atoms with Crippen LogP contribution < -0.4 is 10.1 Å². The van der Waals surface area contributed by atoms with Crippen LogP contribution in [-0.4, -0.2) is 6.10 Å². The molecule has 104 valence electrons. The third-order valence-electron chi connectivity index (χ3n) is 3.96. The largest absolute Gasteiger partial charge is 0.490 e. The number of rotatable bonds is 3. The molecule has 0 saturated carbocycles. The fourth-order valence-corrected chi connectivity index (χ4v) is 2.64. The lowest BCUT2D eigenvalue weighted by molar-refractivity contribution is 0.254. The summed E-state index contributed by atoms with van der Waals surface area (Å²) in [7, 11) is 0. The van der Waals surface area contributed by atoms with Gasteiger partial charge in [-0.3, -0.25) is 0 Å². The van der Waals surface area contributed by atoms with Gasteiger partial charge in [0.05, 0.1) is 0 Å². The van der Waals surface area contributed by atoms with Crippen LogP contribution in [0.2, 0.25) is 0 Å². The predicted molar refractivity (Wildman–Crippen MR) is 83.5 cm³/mol. The van der Waals surface area contributed by atoms with Gasteiger partial charge in [0.1, 0.15) is 11.9 Å². The zero-order valence-corrected chi connectivity index (χ0v) is 12.4. The van der Waals surface area contributed by atoms with Gasteiger partial charge in [-0.1, -0.05) is 18.2 Å². The topological polar surface area (TPSA) is 21.3 Å². The zero-order chi connectivity index (χ0) is 14.1. The van der Waals surface area contributed by atoms with Crippen molar-refractivity contribution in [3.63, 3.8) is 0 Å². The number of nitrogens with one attached hydrogen (secondary N) is 1. The quantitative estimate of drug-likeness (QED) is 0.898. The van der Waals surface area contributed by atoms with E-state index in [1.807, 2.05) is 0 Å². The van der Waals surface area contributed by atoms with Gasteiger partial charge in [0, 0.05) is 18.7 Å². The van der Waals surface area contributed by atoms with Gasteiger partial charge in [-0.2, -0.15) is 0 Å². The molecule has 0 aliphatic carbocycles. The van der Waals surface area contributed by atoms with Crippen LogP contribution in [0, 0.1) is 13.8 Å². The summed E-state index contributed by atoms with van der Waals surface area (Å²) in [5.41, 5.74) is 6.47. The summed E-state index contributed by atoms with van der Waals surface area (Å²) in [5, 5.41) is 3.49. The number of benzene rings is 2. The highest BCUT2D eigenvalue weighted by molar-refractivity contribution is 5.49. The molecule has 0 radical (unpaired) electrons. The van der Waals surface area contributed by atoms with Crippen molar-refractivity contribution in [2.24, 2.45) is 0 Å². The molecule has 2 aromatic carbocycles. The Morgan fingerprint density at radius 1 is 1.10 bits per heavy atom. The Hall–Kier alpha value is -1.96. The molecule has 3 rings (SSSR count). The van der Waals surface area contributed by atoms with Crippen LogP contribution in [-0.2, 0) is 13.0 Å². The molecule has 1 aliphatic heterocycles. The molecule has 0 amide bonds. The van der Waals surface area contributed by atoms with Crippen molar-refractivity contribution in [3.05, 3.63) is 58.7 Å². The Morgan fingerprint density at radius 3 is 2.75 bits per heavy atom. The van der Waals surface area contributed by atoms with Crippen molar-refractivity contribution in [1.29, 1.82) is 0 Å². The molecule has 1 atom stereocenters. The maximum absolute atomic E-state index is 5.73. The van der Waals surface area contributed by atoms with Crippen LogP contribution in [0.4, 0.5) is 5.69 Å². The SMILES string of the molecule is Cc1ccc(NCc2ccc3c(c2)C[C@@H](C)O3)cc1C. The Bertz CT molecular complexity index is 633. The van der Waals surface area contributed by atoms with E-state index < -0.39 is 0 Å². The molecule has 1 N–H and O–H groups in total. The van der Waals surface area contributed by atoms with Crippen molar-refractivity contribution in [1.82, 2.24) is 0 Å². The third-order valence-corrected chi connectivity index (χ3v) is 3.96. The van der Waals surface area contributed by atoms with Gasteiger partial charge in [0.25, 0.3) is 0 Å². The van der Waals surface area contributed by atoms with Gasteiger partial charge in [-0.25, -0.2) is 0 Å². The van der Waals surface area contributed by atoms with Crippen LogP contribution in [0.5, 0.6) is 5.75 Å². The van der Waals surface area contributed by atoms with Crippen LogP contribution in [0.25, 0.3) is 0 Å². The van der Waals surface area contributed by atoms with Gasteiger partial charge in [-0.05, 0) is 61.2 Å². The molecule has 2 nitrogen and oxygen atoms in total. The van der Waals surface area contributed by atoms with Gasteiger partial charge in [-0.15, -0.1) is 0 Å². The molecular formula is C18H21NO.